The molecule has 1 fully saturated rings. The number of nitrogens with one attached hydrogen (secondary N) is 1. The lowest BCUT2D eigenvalue weighted by Gasteiger charge is -2.13. The van der Waals surface area contributed by atoms with E-state index in [-0.39, 0.29) is 42.8 Å². The molecule has 6 heteroatoms. The van der Waals surface area contributed by atoms with Crippen LogP contribution in [0.4, 0.5) is 4.39 Å². The van der Waals surface area contributed by atoms with Crippen molar-refractivity contribution in [1.29, 1.82) is 0 Å². The van der Waals surface area contributed by atoms with Crippen LogP contribution in [0.15, 0.2) is 48.5 Å². The van der Waals surface area contributed by atoms with E-state index in [9.17, 15) is 9.18 Å². The zero-order valence-electron chi connectivity index (χ0n) is 13.1. The standard InChI is InChI=1S/C18H19FN2O2.ClH/c19-15-4-2-1-3-13(15)11-23-14-7-5-12(6-8-14)16-9-10-17(21-16)18(20)22;/h1-8,16-17,21H,9-11H2,(H2,20,22);1H/t16-,17-;/m0./s1. The molecule has 4 nitrogen and oxygen atoms in total. The fourth-order valence-corrected chi connectivity index (χ4v) is 2.80. The molecule has 0 saturated carbocycles. The van der Waals surface area contributed by atoms with Crippen molar-refractivity contribution < 1.29 is 13.9 Å². The number of amides is 1. The molecule has 1 heterocycles. The molecular weight excluding hydrogens is 331 g/mol. The molecule has 0 bridgehead atoms. The van der Waals surface area contributed by atoms with Gasteiger partial charge < -0.3 is 10.5 Å². The van der Waals surface area contributed by atoms with Gasteiger partial charge in [0.2, 0.25) is 5.91 Å². The third-order valence-electron chi connectivity index (χ3n) is 4.12. The number of halogens is 2. The van der Waals surface area contributed by atoms with E-state index in [1.807, 2.05) is 24.3 Å². The van der Waals surface area contributed by atoms with Crippen LogP contribution in [0.3, 0.4) is 0 Å². The van der Waals surface area contributed by atoms with Gasteiger partial charge >= 0.3 is 0 Å². The van der Waals surface area contributed by atoms with Crippen LogP contribution in [0.5, 0.6) is 5.75 Å². The predicted molar refractivity (Wildman–Crippen MR) is 92.5 cm³/mol. The van der Waals surface area contributed by atoms with Crippen LogP contribution in [0.2, 0.25) is 0 Å². The summed E-state index contributed by atoms with van der Waals surface area (Å²) in [6.45, 7) is 0.192. The number of hydrogen-bond donors (Lipinski definition) is 2. The van der Waals surface area contributed by atoms with E-state index in [4.69, 9.17) is 10.5 Å². The van der Waals surface area contributed by atoms with Crippen molar-refractivity contribution in [2.45, 2.75) is 31.5 Å². The molecule has 2 aromatic carbocycles. The maximum absolute atomic E-state index is 13.5. The summed E-state index contributed by atoms with van der Waals surface area (Å²) in [5.74, 6) is 0.107. The fourth-order valence-electron chi connectivity index (χ4n) is 2.80. The van der Waals surface area contributed by atoms with Crippen molar-refractivity contribution in [1.82, 2.24) is 5.32 Å². The molecule has 1 amide bonds. The number of primary amides is 1. The van der Waals surface area contributed by atoms with Gasteiger partial charge in [-0.2, -0.15) is 0 Å². The van der Waals surface area contributed by atoms with Crippen LogP contribution in [0.1, 0.15) is 30.0 Å². The van der Waals surface area contributed by atoms with Gasteiger partial charge in [-0.05, 0) is 36.6 Å². The Hall–Kier alpha value is -2.11. The van der Waals surface area contributed by atoms with Gasteiger partial charge in [0.05, 0.1) is 6.04 Å². The minimum atomic E-state index is -0.308. The van der Waals surface area contributed by atoms with Gasteiger partial charge in [-0.1, -0.05) is 30.3 Å². The lowest BCUT2D eigenvalue weighted by atomic mass is 10.1. The largest absolute Gasteiger partial charge is 0.489 e. The van der Waals surface area contributed by atoms with Crippen molar-refractivity contribution >= 4 is 18.3 Å². The van der Waals surface area contributed by atoms with Gasteiger partial charge in [0, 0.05) is 11.6 Å². The summed E-state index contributed by atoms with van der Waals surface area (Å²) in [6.07, 6.45) is 1.63. The number of hydrogen-bond acceptors (Lipinski definition) is 3. The molecule has 0 aliphatic carbocycles. The Morgan fingerprint density at radius 3 is 2.50 bits per heavy atom. The lowest BCUT2D eigenvalue weighted by Crippen LogP contribution is -2.37. The normalized spacial score (nSPS) is 19.5. The number of carbonyl (C=O) groups excluding carboxylic acids is 1. The first-order chi connectivity index (χ1) is 11.1. The molecule has 1 aliphatic rings. The van der Waals surface area contributed by atoms with Crippen LogP contribution < -0.4 is 15.8 Å². The van der Waals surface area contributed by atoms with Gasteiger partial charge in [-0.25, -0.2) is 4.39 Å². The maximum Gasteiger partial charge on any atom is 0.234 e. The highest BCUT2D eigenvalue weighted by atomic mass is 35.5. The first-order valence-corrected chi connectivity index (χ1v) is 7.65. The summed E-state index contributed by atoms with van der Waals surface area (Å²) in [5, 5.41) is 3.23. The summed E-state index contributed by atoms with van der Waals surface area (Å²) in [5.41, 5.74) is 6.93. The highest BCUT2D eigenvalue weighted by Gasteiger charge is 2.28. The molecule has 3 N–H and O–H groups in total. The second-order valence-corrected chi connectivity index (χ2v) is 5.70. The first-order valence-electron chi connectivity index (χ1n) is 7.65. The van der Waals surface area contributed by atoms with Gasteiger partial charge in [0.15, 0.2) is 0 Å². The van der Waals surface area contributed by atoms with E-state index in [0.717, 1.165) is 18.4 Å². The predicted octanol–water partition coefficient (Wildman–Crippen LogP) is 3.10. The van der Waals surface area contributed by atoms with Crippen molar-refractivity contribution in [3.05, 3.63) is 65.5 Å². The number of nitrogens with two attached hydrogens (primary N) is 1. The van der Waals surface area contributed by atoms with Gasteiger partial charge in [0.25, 0.3) is 0 Å². The monoisotopic (exact) mass is 350 g/mol. The Balaban J connectivity index is 0.00000208. The third-order valence-corrected chi connectivity index (χ3v) is 4.12. The van der Waals surface area contributed by atoms with Crippen molar-refractivity contribution in [2.75, 3.05) is 0 Å². The van der Waals surface area contributed by atoms with E-state index in [2.05, 4.69) is 5.32 Å². The quantitative estimate of drug-likeness (QED) is 0.870. The molecular formula is C18H20ClFN2O2. The average molecular weight is 351 g/mol. The van der Waals surface area contributed by atoms with Crippen LogP contribution in [0.25, 0.3) is 0 Å². The Labute approximate surface area is 146 Å². The SMILES string of the molecule is Cl.NC(=O)[C@@H]1CC[C@@H](c2ccc(OCc3ccccc3F)cc2)N1. The second kappa shape index (κ2) is 8.13. The number of benzene rings is 2. The summed E-state index contributed by atoms with van der Waals surface area (Å²) >= 11 is 0. The van der Waals surface area contributed by atoms with Crippen LogP contribution in [0, 0.1) is 5.82 Å². The third kappa shape index (κ3) is 4.24. The van der Waals surface area contributed by atoms with E-state index < -0.39 is 0 Å². The summed E-state index contributed by atoms with van der Waals surface area (Å²) in [4.78, 5) is 11.2. The average Bonchev–Trinajstić information content (AvgIpc) is 3.05. The fraction of sp³-hybridized carbons (Fsp3) is 0.278. The second-order valence-electron chi connectivity index (χ2n) is 5.70. The van der Waals surface area contributed by atoms with Crippen LogP contribution in [-0.4, -0.2) is 11.9 Å². The van der Waals surface area contributed by atoms with E-state index in [1.165, 1.54) is 6.07 Å². The summed E-state index contributed by atoms with van der Waals surface area (Å²) in [6, 6.07) is 14.1. The van der Waals surface area contributed by atoms with Gasteiger partial charge in [-0.3, -0.25) is 10.1 Å². The van der Waals surface area contributed by atoms with E-state index in [1.54, 1.807) is 18.2 Å². The van der Waals surface area contributed by atoms with E-state index >= 15 is 0 Å². The number of carbonyl (C=O) groups is 1. The van der Waals surface area contributed by atoms with Crippen molar-refractivity contribution in [3.8, 4) is 5.75 Å². The maximum atomic E-state index is 13.5. The van der Waals surface area contributed by atoms with Gasteiger partial charge in [0.1, 0.15) is 18.2 Å². The molecule has 24 heavy (non-hydrogen) atoms. The Morgan fingerprint density at radius 2 is 1.88 bits per heavy atom. The minimum Gasteiger partial charge on any atom is -0.489 e. The molecule has 0 spiro atoms. The molecule has 1 saturated heterocycles. The minimum absolute atomic E-state index is 0. The molecule has 2 aromatic rings. The molecule has 0 unspecified atom stereocenters. The zero-order valence-corrected chi connectivity index (χ0v) is 13.9. The van der Waals surface area contributed by atoms with Crippen molar-refractivity contribution in [2.24, 2.45) is 5.73 Å². The highest BCUT2D eigenvalue weighted by Crippen LogP contribution is 2.28. The van der Waals surface area contributed by atoms with Gasteiger partial charge in [-0.15, -0.1) is 12.4 Å². The molecule has 2 atom stereocenters. The smallest absolute Gasteiger partial charge is 0.234 e. The number of rotatable bonds is 5. The zero-order chi connectivity index (χ0) is 16.2. The summed E-state index contributed by atoms with van der Waals surface area (Å²) < 4.78 is 19.2. The topological polar surface area (TPSA) is 64.4 Å². The lowest BCUT2D eigenvalue weighted by molar-refractivity contribution is -0.119. The van der Waals surface area contributed by atoms with Crippen LogP contribution in [-0.2, 0) is 11.4 Å². The molecule has 3 rings (SSSR count). The Kier molecular flexibility index (Phi) is 6.17. The number of ether oxygens (including phenoxy) is 1. The Bertz CT molecular complexity index is 694. The molecule has 0 aromatic heterocycles. The highest BCUT2D eigenvalue weighted by molar-refractivity contribution is 5.85. The van der Waals surface area contributed by atoms with Crippen molar-refractivity contribution in [3.63, 3.8) is 0 Å². The van der Waals surface area contributed by atoms with E-state index in [0.29, 0.717) is 11.3 Å². The molecule has 0 radical (unpaired) electrons. The van der Waals surface area contributed by atoms with Crippen LogP contribution >= 0.6 is 12.4 Å². The Morgan fingerprint density at radius 1 is 1.17 bits per heavy atom. The molecule has 128 valence electrons. The first kappa shape index (κ1) is 18.2. The summed E-state index contributed by atoms with van der Waals surface area (Å²) in [7, 11) is 0. The molecule has 1 aliphatic heterocycles.